The topological polar surface area (TPSA) is 64.3 Å². The monoisotopic (exact) mass is 370 g/mol. The summed E-state index contributed by atoms with van der Waals surface area (Å²) in [6.45, 7) is 6.26. The first-order valence-corrected chi connectivity index (χ1v) is 10.4. The average molecular weight is 371 g/mol. The number of hydrogen-bond acceptors (Lipinski definition) is 6. The van der Waals surface area contributed by atoms with Gasteiger partial charge in [-0.2, -0.15) is 0 Å². The zero-order valence-electron chi connectivity index (χ0n) is 15.3. The highest BCUT2D eigenvalue weighted by Gasteiger charge is 2.13. The number of hydrogen-bond donors (Lipinski definition) is 1. The molecule has 0 atom stereocenters. The fourth-order valence-corrected chi connectivity index (χ4v) is 4.79. The minimum Gasteiger partial charge on any atom is -0.492 e. The van der Waals surface area contributed by atoms with Crippen LogP contribution in [0.3, 0.4) is 0 Å². The predicted octanol–water partition coefficient (Wildman–Crippen LogP) is 4.24. The first kappa shape index (κ1) is 17.5. The Morgan fingerprint density at radius 3 is 2.85 bits per heavy atom. The van der Waals surface area contributed by atoms with Gasteiger partial charge in [0.15, 0.2) is 5.82 Å². The highest BCUT2D eigenvalue weighted by atomic mass is 32.1. The zero-order valence-corrected chi connectivity index (χ0v) is 16.1. The van der Waals surface area contributed by atoms with E-state index in [4.69, 9.17) is 10.5 Å². The summed E-state index contributed by atoms with van der Waals surface area (Å²) >= 11 is 1.73. The number of anilines is 1. The van der Waals surface area contributed by atoms with E-state index in [2.05, 4.69) is 27.9 Å². The largest absolute Gasteiger partial charge is 0.492 e. The second-order valence-electron chi connectivity index (χ2n) is 6.96. The van der Waals surface area contributed by atoms with E-state index in [0.717, 1.165) is 51.3 Å². The molecule has 6 heteroatoms. The van der Waals surface area contributed by atoms with E-state index in [0.29, 0.717) is 12.4 Å². The van der Waals surface area contributed by atoms with Gasteiger partial charge in [-0.3, -0.25) is 4.90 Å². The molecule has 138 valence electrons. The fraction of sp³-hybridized carbons (Fsp3) is 0.500. The van der Waals surface area contributed by atoms with Crippen LogP contribution in [0.1, 0.15) is 37.6 Å². The van der Waals surface area contributed by atoms with Crippen molar-refractivity contribution in [3.63, 3.8) is 0 Å². The van der Waals surface area contributed by atoms with Crippen LogP contribution in [-0.4, -0.2) is 41.1 Å². The van der Waals surface area contributed by atoms with Gasteiger partial charge in [0.2, 0.25) is 0 Å². The Morgan fingerprint density at radius 1 is 1.19 bits per heavy atom. The van der Waals surface area contributed by atoms with E-state index in [1.165, 1.54) is 32.4 Å². The molecule has 1 aromatic carbocycles. The zero-order chi connectivity index (χ0) is 17.9. The SMILES string of the molecule is CCCc1nc2c(N)nc3cc(OCCN4CCCCC4)ccc3c2s1. The van der Waals surface area contributed by atoms with Crippen LogP contribution in [0, 0.1) is 0 Å². The maximum absolute atomic E-state index is 6.17. The Hall–Kier alpha value is -1.92. The molecule has 1 fully saturated rings. The second-order valence-corrected chi connectivity index (χ2v) is 8.05. The molecule has 0 spiro atoms. The molecule has 0 aliphatic carbocycles. The average Bonchev–Trinajstić information content (AvgIpc) is 3.08. The van der Waals surface area contributed by atoms with E-state index in [9.17, 15) is 0 Å². The molecule has 1 aliphatic rings. The highest BCUT2D eigenvalue weighted by molar-refractivity contribution is 7.19. The Morgan fingerprint density at radius 2 is 2.04 bits per heavy atom. The summed E-state index contributed by atoms with van der Waals surface area (Å²) in [5.74, 6) is 1.37. The molecule has 5 nitrogen and oxygen atoms in total. The molecule has 26 heavy (non-hydrogen) atoms. The number of fused-ring (bicyclic) bond motifs is 3. The van der Waals surface area contributed by atoms with Gasteiger partial charge in [0.1, 0.15) is 17.9 Å². The van der Waals surface area contributed by atoms with Crippen molar-refractivity contribution in [1.29, 1.82) is 0 Å². The van der Waals surface area contributed by atoms with Gasteiger partial charge < -0.3 is 10.5 Å². The van der Waals surface area contributed by atoms with Gasteiger partial charge in [0.25, 0.3) is 0 Å². The quantitative estimate of drug-likeness (QED) is 0.703. The molecule has 4 rings (SSSR count). The molecule has 0 radical (unpaired) electrons. The Bertz CT molecular complexity index is 902. The van der Waals surface area contributed by atoms with Crippen molar-refractivity contribution in [3.05, 3.63) is 23.2 Å². The fourth-order valence-electron chi connectivity index (χ4n) is 3.59. The normalized spacial score (nSPS) is 15.7. The Balaban J connectivity index is 1.53. The van der Waals surface area contributed by atoms with Gasteiger partial charge >= 0.3 is 0 Å². The number of piperidine rings is 1. The van der Waals surface area contributed by atoms with Gasteiger partial charge in [-0.25, -0.2) is 9.97 Å². The van der Waals surface area contributed by atoms with E-state index >= 15 is 0 Å². The molecule has 3 heterocycles. The standard InChI is InChI=1S/C20H26N4OS/c1-2-6-17-23-18-19(26-17)15-8-7-14(13-16(15)22-20(18)21)25-12-11-24-9-4-3-5-10-24/h7-8,13H,2-6,9-12H2,1H3,(H2,21,22). The highest BCUT2D eigenvalue weighted by Crippen LogP contribution is 2.34. The summed E-state index contributed by atoms with van der Waals surface area (Å²) < 4.78 is 7.11. The number of nitrogens with two attached hydrogens (primary N) is 1. The van der Waals surface area contributed by atoms with Gasteiger partial charge in [-0.15, -0.1) is 11.3 Å². The predicted molar refractivity (Wildman–Crippen MR) is 109 cm³/mol. The first-order valence-electron chi connectivity index (χ1n) is 9.58. The molecule has 0 saturated carbocycles. The number of aromatic nitrogens is 2. The van der Waals surface area contributed by atoms with Gasteiger partial charge in [-0.05, 0) is 50.9 Å². The van der Waals surface area contributed by atoms with E-state index < -0.39 is 0 Å². The molecule has 0 amide bonds. The van der Waals surface area contributed by atoms with Crippen LogP contribution in [0.5, 0.6) is 5.75 Å². The van der Waals surface area contributed by atoms with Crippen LogP contribution in [-0.2, 0) is 6.42 Å². The van der Waals surface area contributed by atoms with Gasteiger partial charge in [0, 0.05) is 18.0 Å². The van der Waals surface area contributed by atoms with Crippen molar-refractivity contribution in [2.45, 2.75) is 39.0 Å². The Labute approximate surface area is 158 Å². The van der Waals surface area contributed by atoms with Crippen molar-refractivity contribution in [2.75, 3.05) is 32.0 Å². The summed E-state index contributed by atoms with van der Waals surface area (Å²) in [6.07, 6.45) is 6.05. The lowest BCUT2D eigenvalue weighted by Crippen LogP contribution is -2.33. The van der Waals surface area contributed by atoms with Crippen molar-refractivity contribution in [2.24, 2.45) is 0 Å². The van der Waals surface area contributed by atoms with Crippen molar-refractivity contribution in [3.8, 4) is 5.75 Å². The molecule has 0 unspecified atom stereocenters. The summed E-state index contributed by atoms with van der Waals surface area (Å²) in [5, 5.41) is 2.24. The van der Waals surface area contributed by atoms with E-state index in [1.54, 1.807) is 11.3 Å². The number of benzene rings is 1. The molecule has 1 saturated heterocycles. The van der Waals surface area contributed by atoms with Crippen molar-refractivity contribution >= 4 is 38.3 Å². The Kier molecular flexibility index (Phi) is 5.22. The van der Waals surface area contributed by atoms with Gasteiger partial charge in [0.05, 0.1) is 15.2 Å². The number of nitrogens with zero attached hydrogens (tertiary/aromatic N) is 3. The molecule has 1 aliphatic heterocycles. The molecule has 2 N–H and O–H groups in total. The molecular formula is C20H26N4OS. The molecule has 0 bridgehead atoms. The summed E-state index contributed by atoms with van der Waals surface area (Å²) in [7, 11) is 0. The van der Waals surface area contributed by atoms with Crippen LogP contribution in [0.2, 0.25) is 0 Å². The minimum absolute atomic E-state index is 0.511. The van der Waals surface area contributed by atoms with Crippen molar-refractivity contribution in [1.82, 2.24) is 14.9 Å². The lowest BCUT2D eigenvalue weighted by molar-refractivity contribution is 0.183. The maximum atomic E-state index is 6.17. The summed E-state index contributed by atoms with van der Waals surface area (Å²) in [5.41, 5.74) is 7.89. The number of nitrogen functional groups attached to an aromatic ring is 1. The lowest BCUT2D eigenvalue weighted by atomic mass is 10.1. The third kappa shape index (κ3) is 3.62. The minimum atomic E-state index is 0.511. The van der Waals surface area contributed by atoms with Crippen molar-refractivity contribution < 1.29 is 4.74 Å². The smallest absolute Gasteiger partial charge is 0.151 e. The number of aryl methyl sites for hydroxylation is 1. The van der Waals surface area contributed by atoms with Gasteiger partial charge in [-0.1, -0.05) is 13.3 Å². The number of rotatable bonds is 6. The van der Waals surface area contributed by atoms with E-state index in [-0.39, 0.29) is 0 Å². The van der Waals surface area contributed by atoms with E-state index in [1.807, 2.05) is 12.1 Å². The first-order chi connectivity index (χ1) is 12.7. The number of pyridine rings is 1. The number of thiazole rings is 1. The summed E-state index contributed by atoms with van der Waals surface area (Å²) in [4.78, 5) is 11.7. The van der Waals surface area contributed by atoms with Crippen LogP contribution < -0.4 is 10.5 Å². The van der Waals surface area contributed by atoms with Crippen LogP contribution in [0.4, 0.5) is 5.82 Å². The molecule has 3 aromatic rings. The maximum Gasteiger partial charge on any atom is 0.151 e. The lowest BCUT2D eigenvalue weighted by Gasteiger charge is -2.26. The summed E-state index contributed by atoms with van der Waals surface area (Å²) in [6, 6.07) is 6.13. The van der Waals surface area contributed by atoms with Crippen LogP contribution in [0.15, 0.2) is 18.2 Å². The molecule has 2 aromatic heterocycles. The van der Waals surface area contributed by atoms with Crippen LogP contribution >= 0.6 is 11.3 Å². The third-order valence-corrected chi connectivity index (χ3v) is 6.11. The van der Waals surface area contributed by atoms with Crippen LogP contribution in [0.25, 0.3) is 21.1 Å². The number of ether oxygens (including phenoxy) is 1. The second kappa shape index (κ2) is 7.76. The third-order valence-electron chi connectivity index (χ3n) is 4.96. The molecular weight excluding hydrogens is 344 g/mol. The number of likely N-dealkylation sites (tertiary alicyclic amines) is 1.